The lowest BCUT2D eigenvalue weighted by atomic mass is 9.77. The summed E-state index contributed by atoms with van der Waals surface area (Å²) in [5.74, 6) is -2.01. The molecule has 244 valence electrons. The third kappa shape index (κ3) is 12.4. The van der Waals surface area contributed by atoms with Crippen molar-refractivity contribution in [3.8, 4) is 0 Å². The van der Waals surface area contributed by atoms with Gasteiger partial charge in [-0.1, -0.05) is 68.7 Å². The van der Waals surface area contributed by atoms with Crippen molar-refractivity contribution in [3.05, 3.63) is 0 Å². The minimum atomic E-state index is -1.18. The number of ether oxygens (including phenoxy) is 2. The average Bonchev–Trinajstić information content (AvgIpc) is 2.87. The molecule has 0 spiro atoms. The van der Waals surface area contributed by atoms with E-state index in [4.69, 9.17) is 9.47 Å². The maximum atomic E-state index is 13.4. The van der Waals surface area contributed by atoms with Crippen LogP contribution < -0.4 is 10.6 Å². The maximum absolute atomic E-state index is 13.4. The second kappa shape index (κ2) is 16.8. The predicted molar refractivity (Wildman–Crippen MR) is 161 cm³/mol. The van der Waals surface area contributed by atoms with E-state index in [9.17, 15) is 29.4 Å². The van der Waals surface area contributed by atoms with Crippen LogP contribution in [0.5, 0.6) is 0 Å². The monoisotopic (exact) mass is 598 g/mol. The Balaban J connectivity index is 2.73. The first-order chi connectivity index (χ1) is 19.3. The molecule has 1 fully saturated rings. The molecule has 1 rings (SSSR count). The van der Waals surface area contributed by atoms with Gasteiger partial charge in [0.2, 0.25) is 5.91 Å². The molecule has 1 heterocycles. The first-order valence-electron chi connectivity index (χ1n) is 15.5. The number of hydrogen-bond acceptors (Lipinski definition) is 8. The molecule has 1 aliphatic rings. The first-order valence-corrected chi connectivity index (χ1v) is 15.5. The smallest absolute Gasteiger partial charge is 0.251 e. The number of ketones is 2. The van der Waals surface area contributed by atoms with Crippen LogP contribution in [-0.4, -0.2) is 77.9 Å². The molecule has 7 atom stereocenters. The lowest BCUT2D eigenvalue weighted by Gasteiger charge is -2.39. The molecule has 42 heavy (non-hydrogen) atoms. The van der Waals surface area contributed by atoms with Gasteiger partial charge in [-0.15, -0.1) is 0 Å². The Hall–Kier alpha value is -1.88. The molecule has 0 radical (unpaired) electrons. The number of aliphatic hydroxyl groups is 2. The number of carbonyl (C=O) groups is 4. The van der Waals surface area contributed by atoms with Crippen LogP contribution in [0.4, 0.5) is 0 Å². The van der Waals surface area contributed by atoms with E-state index in [-0.39, 0.29) is 35.2 Å². The fourth-order valence-corrected chi connectivity index (χ4v) is 5.22. The summed E-state index contributed by atoms with van der Waals surface area (Å²) in [6.07, 6.45) is -0.724. The molecule has 0 aromatic heterocycles. The number of carbonyl (C=O) groups excluding carboxylic acids is 4. The Morgan fingerprint density at radius 2 is 1.57 bits per heavy atom. The molecule has 2 amide bonds. The summed E-state index contributed by atoms with van der Waals surface area (Å²) in [7, 11) is 1.36. The summed E-state index contributed by atoms with van der Waals surface area (Å²) in [6.45, 7) is 17.6. The van der Waals surface area contributed by atoms with Gasteiger partial charge in [0.05, 0.1) is 12.1 Å². The van der Waals surface area contributed by atoms with Gasteiger partial charge >= 0.3 is 0 Å². The molecule has 10 nitrogen and oxygen atoms in total. The molecule has 0 aromatic carbocycles. The summed E-state index contributed by atoms with van der Waals surface area (Å²) in [5.41, 5.74) is -0.493. The number of methoxy groups -OCH3 is 1. The van der Waals surface area contributed by atoms with Gasteiger partial charge in [0.15, 0.2) is 18.2 Å². The average molecular weight is 599 g/mol. The van der Waals surface area contributed by atoms with Crippen molar-refractivity contribution in [2.45, 2.75) is 138 Å². The molecule has 4 N–H and O–H groups in total. The quantitative estimate of drug-likeness (QED) is 0.197. The second-order valence-electron chi connectivity index (χ2n) is 14.5. The van der Waals surface area contributed by atoms with Gasteiger partial charge in [-0.3, -0.25) is 19.2 Å². The largest absolute Gasteiger partial charge is 0.389 e. The van der Waals surface area contributed by atoms with Crippen molar-refractivity contribution >= 4 is 23.4 Å². The fourth-order valence-electron chi connectivity index (χ4n) is 5.22. The lowest BCUT2D eigenvalue weighted by molar-refractivity contribution is -0.269. The van der Waals surface area contributed by atoms with E-state index < -0.39 is 53.8 Å². The third-order valence-corrected chi connectivity index (χ3v) is 7.93. The van der Waals surface area contributed by atoms with E-state index in [1.165, 1.54) is 7.11 Å². The summed E-state index contributed by atoms with van der Waals surface area (Å²) < 4.78 is 10.5. The molecule has 0 unspecified atom stereocenters. The number of hydrogen-bond donors (Lipinski definition) is 4. The Morgan fingerprint density at radius 3 is 2.10 bits per heavy atom. The predicted octanol–water partition coefficient (Wildman–Crippen LogP) is 3.55. The van der Waals surface area contributed by atoms with Crippen molar-refractivity contribution < 1.29 is 38.9 Å². The van der Waals surface area contributed by atoms with Gasteiger partial charge in [-0.05, 0) is 37.0 Å². The van der Waals surface area contributed by atoms with Crippen LogP contribution in [0.15, 0.2) is 0 Å². The topological polar surface area (TPSA) is 151 Å². The Bertz CT molecular complexity index is 890. The Labute approximate surface area is 253 Å². The summed E-state index contributed by atoms with van der Waals surface area (Å²) in [5, 5.41) is 26.2. The van der Waals surface area contributed by atoms with Gasteiger partial charge in [-0.2, -0.15) is 0 Å². The van der Waals surface area contributed by atoms with E-state index in [0.717, 1.165) is 12.8 Å². The highest BCUT2D eigenvalue weighted by Gasteiger charge is 2.45. The highest BCUT2D eigenvalue weighted by atomic mass is 16.7. The fraction of sp³-hybridized carbons (Fsp3) is 0.875. The molecule has 10 heteroatoms. The summed E-state index contributed by atoms with van der Waals surface area (Å²) in [6, 6.07) is -0.652. The van der Waals surface area contributed by atoms with E-state index in [1.807, 2.05) is 34.6 Å². The number of rotatable bonds is 16. The van der Waals surface area contributed by atoms with Gasteiger partial charge in [-0.25, -0.2) is 0 Å². The SMILES string of the molecule is CO[C@@H]1O[C@H](C(=O)NCCCC[C@H](CC(=O)[C@@H](NC(=O)CCCC(C)(C)C)C(C)C)C(=O)C(C)(C)C)[C@@H](O)[C@H](C)[C@H]1O. The van der Waals surface area contributed by atoms with Gasteiger partial charge < -0.3 is 30.3 Å². The molecule has 0 saturated carbocycles. The number of nitrogens with one attached hydrogen (secondary N) is 2. The van der Waals surface area contributed by atoms with E-state index in [0.29, 0.717) is 32.2 Å². The van der Waals surface area contributed by atoms with E-state index in [1.54, 1.807) is 6.92 Å². The van der Waals surface area contributed by atoms with Crippen LogP contribution >= 0.6 is 0 Å². The standard InChI is InChI=1S/C32H58N2O8/c1-19(2)24(34-23(36)15-13-16-31(4,5)6)22(35)18-21(28(39)32(7,8)9)14-11-12-17-33-29(40)27-25(37)20(3)26(38)30(41-10)42-27/h19-21,24-27,30,37-38H,11-18H2,1-10H3,(H,33,40)(H,34,36)/t20-,21+,24-,25-,26+,27-,30+/m0/s1. The zero-order valence-corrected chi connectivity index (χ0v) is 27.6. The maximum Gasteiger partial charge on any atom is 0.251 e. The van der Waals surface area contributed by atoms with Crippen molar-refractivity contribution in [3.63, 3.8) is 0 Å². The summed E-state index contributed by atoms with van der Waals surface area (Å²) >= 11 is 0. The van der Waals surface area contributed by atoms with E-state index >= 15 is 0 Å². The van der Waals surface area contributed by atoms with Crippen molar-refractivity contribution in [1.82, 2.24) is 10.6 Å². The van der Waals surface area contributed by atoms with Crippen LogP contribution in [0.2, 0.25) is 0 Å². The number of amides is 2. The van der Waals surface area contributed by atoms with Crippen molar-refractivity contribution in [2.75, 3.05) is 13.7 Å². The first kappa shape index (κ1) is 38.1. The van der Waals surface area contributed by atoms with Crippen LogP contribution in [0, 0.1) is 28.6 Å². The van der Waals surface area contributed by atoms with Gasteiger partial charge in [0.1, 0.15) is 11.9 Å². The van der Waals surface area contributed by atoms with Gasteiger partial charge in [0.25, 0.3) is 5.91 Å². The van der Waals surface area contributed by atoms with Crippen LogP contribution in [0.25, 0.3) is 0 Å². The molecular formula is C32H58N2O8. The van der Waals surface area contributed by atoms with Gasteiger partial charge in [0, 0.05) is 43.7 Å². The second-order valence-corrected chi connectivity index (χ2v) is 14.5. The number of unbranched alkanes of at least 4 members (excludes halogenated alkanes) is 1. The highest BCUT2D eigenvalue weighted by Crippen LogP contribution is 2.28. The van der Waals surface area contributed by atoms with Crippen molar-refractivity contribution in [2.24, 2.45) is 28.6 Å². The minimum Gasteiger partial charge on any atom is -0.389 e. The van der Waals surface area contributed by atoms with Crippen LogP contribution in [0.1, 0.15) is 107 Å². The van der Waals surface area contributed by atoms with Crippen molar-refractivity contribution in [1.29, 1.82) is 0 Å². The molecular weight excluding hydrogens is 540 g/mol. The normalized spacial score (nSPS) is 24.6. The highest BCUT2D eigenvalue weighted by molar-refractivity contribution is 5.94. The van der Waals surface area contributed by atoms with Crippen LogP contribution in [0.3, 0.4) is 0 Å². The molecule has 0 bridgehead atoms. The number of Topliss-reactive ketones (excluding diaryl/α,β-unsaturated/α-hetero) is 2. The minimum absolute atomic E-state index is 0.00391. The zero-order valence-electron chi connectivity index (χ0n) is 27.6. The molecule has 1 aliphatic heterocycles. The van der Waals surface area contributed by atoms with E-state index in [2.05, 4.69) is 31.4 Å². The summed E-state index contributed by atoms with van der Waals surface area (Å²) in [4.78, 5) is 52.0. The third-order valence-electron chi connectivity index (χ3n) is 7.93. The Morgan fingerprint density at radius 1 is 0.952 bits per heavy atom. The lowest BCUT2D eigenvalue weighted by Crippen LogP contribution is -2.58. The molecule has 0 aliphatic carbocycles. The zero-order chi connectivity index (χ0) is 32.4. The Kier molecular flexibility index (Phi) is 15.3. The molecule has 0 aromatic rings. The number of aliphatic hydroxyl groups excluding tert-OH is 2. The molecule has 1 saturated heterocycles. The van der Waals surface area contributed by atoms with Crippen LogP contribution in [-0.2, 0) is 28.7 Å².